The lowest BCUT2D eigenvalue weighted by Crippen LogP contribution is -2.43. The van der Waals surface area contributed by atoms with Gasteiger partial charge in [-0.05, 0) is 57.7 Å². The minimum absolute atomic E-state index is 0.223. The minimum atomic E-state index is -0.470. The standard InChI is InChI=1S/C25H33N7O2/c1-25(2,3)34-24(33)30-15-11-20(12-16-30)18-29(4)22-17-23(27-19-26-22)32(31-14-8-13-28-31)21-9-6-5-7-10-21/h5-10,13-14,17,19-20H,11-12,15-16,18H2,1-4H3. The minimum Gasteiger partial charge on any atom is -0.444 e. The van der Waals surface area contributed by atoms with Crippen LogP contribution in [0.25, 0.3) is 0 Å². The maximum Gasteiger partial charge on any atom is 0.410 e. The monoisotopic (exact) mass is 463 g/mol. The van der Waals surface area contributed by atoms with Crippen molar-refractivity contribution in [3.05, 3.63) is 61.2 Å². The summed E-state index contributed by atoms with van der Waals surface area (Å²) in [4.78, 5) is 27.1. The van der Waals surface area contributed by atoms with Crippen molar-refractivity contribution in [3.8, 4) is 0 Å². The van der Waals surface area contributed by atoms with Gasteiger partial charge in [0.25, 0.3) is 0 Å². The summed E-state index contributed by atoms with van der Waals surface area (Å²) in [7, 11) is 2.05. The van der Waals surface area contributed by atoms with Gasteiger partial charge in [-0.3, -0.25) is 0 Å². The van der Waals surface area contributed by atoms with Gasteiger partial charge in [-0.25, -0.2) is 19.8 Å². The van der Waals surface area contributed by atoms with Crippen LogP contribution in [0, 0.1) is 5.92 Å². The van der Waals surface area contributed by atoms with Gasteiger partial charge in [0, 0.05) is 38.9 Å². The summed E-state index contributed by atoms with van der Waals surface area (Å²) in [6, 6.07) is 13.9. The lowest BCUT2D eigenvalue weighted by Gasteiger charge is -2.35. The first kappa shape index (κ1) is 23.5. The van der Waals surface area contributed by atoms with Crippen molar-refractivity contribution < 1.29 is 9.53 Å². The number of hydrogen-bond acceptors (Lipinski definition) is 7. The second kappa shape index (κ2) is 10.1. The third-order valence-corrected chi connectivity index (χ3v) is 5.74. The fourth-order valence-electron chi connectivity index (χ4n) is 4.07. The summed E-state index contributed by atoms with van der Waals surface area (Å²) in [6.07, 6.45) is 6.87. The fraction of sp³-hybridized carbons (Fsp3) is 0.440. The molecule has 0 aliphatic carbocycles. The molecule has 1 aliphatic heterocycles. The Hall–Kier alpha value is -3.62. The Morgan fingerprint density at radius 1 is 1.09 bits per heavy atom. The molecule has 1 saturated heterocycles. The molecule has 9 heteroatoms. The molecule has 3 aromatic rings. The van der Waals surface area contributed by atoms with Crippen molar-refractivity contribution in [1.29, 1.82) is 0 Å². The Morgan fingerprint density at radius 3 is 2.44 bits per heavy atom. The highest BCUT2D eigenvalue weighted by Gasteiger charge is 2.27. The number of benzene rings is 1. The predicted octanol–water partition coefficient (Wildman–Crippen LogP) is 4.36. The van der Waals surface area contributed by atoms with E-state index in [1.165, 1.54) is 0 Å². The zero-order valence-corrected chi connectivity index (χ0v) is 20.3. The number of carbonyl (C=O) groups excluding carboxylic acids is 1. The van der Waals surface area contributed by atoms with E-state index in [0.717, 1.165) is 36.7 Å². The van der Waals surface area contributed by atoms with Gasteiger partial charge >= 0.3 is 6.09 Å². The van der Waals surface area contributed by atoms with Crippen molar-refractivity contribution in [2.75, 3.05) is 36.6 Å². The third kappa shape index (κ3) is 5.84. The zero-order valence-electron chi connectivity index (χ0n) is 20.3. The molecule has 1 aromatic carbocycles. The highest BCUT2D eigenvalue weighted by Crippen LogP contribution is 2.27. The number of likely N-dealkylation sites (tertiary alicyclic amines) is 1. The largest absolute Gasteiger partial charge is 0.444 e. The molecule has 2 aromatic heterocycles. The Labute approximate surface area is 200 Å². The molecule has 1 amide bonds. The maximum atomic E-state index is 12.3. The number of hydrogen-bond donors (Lipinski definition) is 0. The van der Waals surface area contributed by atoms with E-state index in [9.17, 15) is 4.79 Å². The van der Waals surface area contributed by atoms with Crippen LogP contribution in [0.2, 0.25) is 0 Å². The second-order valence-electron chi connectivity index (χ2n) is 9.60. The lowest BCUT2D eigenvalue weighted by atomic mass is 9.96. The van der Waals surface area contributed by atoms with Crippen LogP contribution in [0.1, 0.15) is 33.6 Å². The van der Waals surface area contributed by atoms with Crippen LogP contribution in [-0.2, 0) is 4.74 Å². The average molecular weight is 464 g/mol. The molecule has 0 saturated carbocycles. The van der Waals surface area contributed by atoms with Crippen LogP contribution < -0.4 is 9.91 Å². The number of amides is 1. The Morgan fingerprint density at radius 2 is 1.79 bits per heavy atom. The molecule has 0 bridgehead atoms. The molecule has 3 heterocycles. The van der Waals surface area contributed by atoms with Gasteiger partial charge in [0.1, 0.15) is 17.7 Å². The number of para-hydroxylation sites is 1. The normalized spacial score (nSPS) is 14.6. The molecule has 4 rings (SSSR count). The van der Waals surface area contributed by atoms with Gasteiger partial charge in [0.15, 0.2) is 5.82 Å². The van der Waals surface area contributed by atoms with E-state index in [0.29, 0.717) is 19.0 Å². The number of carbonyl (C=O) groups is 1. The molecule has 9 nitrogen and oxygen atoms in total. The Kier molecular flexibility index (Phi) is 7.00. The number of aromatic nitrogens is 4. The summed E-state index contributed by atoms with van der Waals surface area (Å²) in [5.74, 6) is 2.04. The van der Waals surface area contributed by atoms with E-state index in [4.69, 9.17) is 4.74 Å². The molecule has 180 valence electrons. The van der Waals surface area contributed by atoms with E-state index in [2.05, 4.69) is 20.0 Å². The molecule has 0 spiro atoms. The summed E-state index contributed by atoms with van der Waals surface area (Å²) in [6.45, 7) is 7.97. The summed E-state index contributed by atoms with van der Waals surface area (Å²) in [5.41, 5.74) is 0.482. The van der Waals surface area contributed by atoms with Gasteiger partial charge < -0.3 is 14.5 Å². The van der Waals surface area contributed by atoms with Crippen LogP contribution in [0.4, 0.5) is 22.1 Å². The average Bonchev–Trinajstić information content (AvgIpc) is 3.34. The van der Waals surface area contributed by atoms with Gasteiger partial charge in [-0.2, -0.15) is 9.89 Å². The van der Waals surface area contributed by atoms with Gasteiger partial charge in [0.2, 0.25) is 0 Å². The molecule has 1 fully saturated rings. The number of piperidine rings is 1. The molecule has 0 N–H and O–H groups in total. The highest BCUT2D eigenvalue weighted by molar-refractivity contribution is 5.68. The quantitative estimate of drug-likeness (QED) is 0.537. The maximum absolute atomic E-state index is 12.3. The van der Waals surface area contributed by atoms with Crippen molar-refractivity contribution in [2.24, 2.45) is 5.92 Å². The van der Waals surface area contributed by atoms with Crippen molar-refractivity contribution >= 4 is 23.4 Å². The molecule has 1 aliphatic rings. The summed E-state index contributed by atoms with van der Waals surface area (Å²) in [5, 5.41) is 6.35. The molecule has 0 radical (unpaired) electrons. The van der Waals surface area contributed by atoms with E-state index >= 15 is 0 Å². The molecule has 0 atom stereocenters. The van der Waals surface area contributed by atoms with Crippen molar-refractivity contribution in [2.45, 2.75) is 39.2 Å². The third-order valence-electron chi connectivity index (χ3n) is 5.74. The number of anilines is 3. The zero-order chi connectivity index (χ0) is 24.1. The highest BCUT2D eigenvalue weighted by atomic mass is 16.6. The number of ether oxygens (including phenoxy) is 1. The predicted molar refractivity (Wildman–Crippen MR) is 132 cm³/mol. The van der Waals surface area contributed by atoms with Gasteiger partial charge in [0.05, 0.1) is 11.9 Å². The van der Waals surface area contributed by atoms with Crippen LogP contribution in [0.15, 0.2) is 61.2 Å². The number of nitrogens with zero attached hydrogens (tertiary/aromatic N) is 7. The van der Waals surface area contributed by atoms with Crippen molar-refractivity contribution in [1.82, 2.24) is 24.8 Å². The van der Waals surface area contributed by atoms with Crippen molar-refractivity contribution in [3.63, 3.8) is 0 Å². The van der Waals surface area contributed by atoms with Crippen LogP contribution in [-0.4, -0.2) is 63.1 Å². The SMILES string of the molecule is CN(CC1CCN(C(=O)OC(C)(C)C)CC1)c1cc(N(c2ccccc2)n2cccn2)ncn1. The first-order valence-corrected chi connectivity index (χ1v) is 11.7. The second-order valence-corrected chi connectivity index (χ2v) is 9.60. The van der Waals surface area contributed by atoms with Crippen LogP contribution in [0.5, 0.6) is 0 Å². The smallest absolute Gasteiger partial charge is 0.410 e. The van der Waals surface area contributed by atoms with Crippen LogP contribution in [0.3, 0.4) is 0 Å². The molecular weight excluding hydrogens is 430 g/mol. The Balaban J connectivity index is 1.42. The van der Waals surface area contributed by atoms with Crippen LogP contribution >= 0.6 is 0 Å². The first-order valence-electron chi connectivity index (χ1n) is 11.7. The van der Waals surface area contributed by atoms with Gasteiger partial charge in [-0.1, -0.05) is 18.2 Å². The summed E-state index contributed by atoms with van der Waals surface area (Å²) >= 11 is 0. The van der Waals surface area contributed by atoms with E-state index in [1.54, 1.807) is 17.3 Å². The van der Waals surface area contributed by atoms with Gasteiger partial charge in [-0.15, -0.1) is 0 Å². The fourth-order valence-corrected chi connectivity index (χ4v) is 4.07. The molecular formula is C25H33N7O2. The first-order chi connectivity index (χ1) is 16.3. The van der Waals surface area contributed by atoms with E-state index in [1.807, 2.05) is 86.4 Å². The molecule has 34 heavy (non-hydrogen) atoms. The Bertz CT molecular complexity index is 1060. The number of rotatable bonds is 6. The van der Waals surface area contributed by atoms with E-state index < -0.39 is 5.60 Å². The summed E-state index contributed by atoms with van der Waals surface area (Å²) < 4.78 is 5.51. The molecule has 0 unspecified atom stereocenters. The van der Waals surface area contributed by atoms with E-state index in [-0.39, 0.29) is 6.09 Å². The lowest BCUT2D eigenvalue weighted by molar-refractivity contribution is 0.0186. The topological polar surface area (TPSA) is 79.6 Å².